The normalized spacial score (nSPS) is 16.8. The van der Waals surface area contributed by atoms with Crippen LogP contribution >= 0.6 is 11.6 Å². The molecular formula is C23H30ClN7O3. The average Bonchev–Trinajstić information content (AvgIpc) is 2.86. The molecule has 0 unspecified atom stereocenters. The highest BCUT2D eigenvalue weighted by Crippen LogP contribution is 2.39. The minimum atomic E-state index is -0.288. The third-order valence-corrected chi connectivity index (χ3v) is 6.15. The lowest BCUT2D eigenvalue weighted by molar-refractivity contribution is -0.111. The van der Waals surface area contributed by atoms with E-state index >= 15 is 0 Å². The van der Waals surface area contributed by atoms with Gasteiger partial charge in [0, 0.05) is 45.3 Å². The Morgan fingerprint density at radius 3 is 2.56 bits per heavy atom. The Morgan fingerprint density at radius 2 is 1.88 bits per heavy atom. The fourth-order valence-electron chi connectivity index (χ4n) is 3.96. The van der Waals surface area contributed by atoms with E-state index in [1.54, 1.807) is 13.3 Å². The van der Waals surface area contributed by atoms with E-state index in [1.807, 2.05) is 12.1 Å². The monoisotopic (exact) mass is 487 g/mol. The standard InChI is InChI=1S/C23H30ClN7O3/c1-4-21(32)26-17-13-18(20(33-3)14-19(17)30-7-5-29(2)6-8-30)27-23-25-15-16(24)22(28-23)31-9-11-34-12-10-31/h4,13-15H,1,5-12H2,2-3H3,(H,26,32)(H,25,27,28). The first-order chi connectivity index (χ1) is 16.5. The smallest absolute Gasteiger partial charge is 0.247 e. The van der Waals surface area contributed by atoms with Crippen molar-refractivity contribution in [3.05, 3.63) is 36.0 Å². The lowest BCUT2D eigenvalue weighted by Gasteiger charge is -2.35. The van der Waals surface area contributed by atoms with Crippen LogP contribution in [0.5, 0.6) is 5.75 Å². The first-order valence-corrected chi connectivity index (χ1v) is 11.6. The summed E-state index contributed by atoms with van der Waals surface area (Å²) in [6.45, 7) is 9.77. The summed E-state index contributed by atoms with van der Waals surface area (Å²) in [6.07, 6.45) is 2.83. The van der Waals surface area contributed by atoms with Crippen molar-refractivity contribution in [3.63, 3.8) is 0 Å². The average molecular weight is 488 g/mol. The maximum atomic E-state index is 12.2. The Morgan fingerprint density at radius 1 is 1.15 bits per heavy atom. The third-order valence-electron chi connectivity index (χ3n) is 5.89. The summed E-state index contributed by atoms with van der Waals surface area (Å²) in [5.74, 6) is 1.34. The zero-order chi connectivity index (χ0) is 24.1. The second kappa shape index (κ2) is 10.9. The van der Waals surface area contributed by atoms with Gasteiger partial charge in [0.1, 0.15) is 10.8 Å². The van der Waals surface area contributed by atoms with Crippen molar-refractivity contribution in [2.75, 3.05) is 87.1 Å². The predicted molar refractivity (Wildman–Crippen MR) is 135 cm³/mol. The van der Waals surface area contributed by atoms with Gasteiger partial charge in [-0.05, 0) is 19.2 Å². The van der Waals surface area contributed by atoms with Gasteiger partial charge in [0.25, 0.3) is 0 Å². The number of carbonyl (C=O) groups excluding carboxylic acids is 1. The number of ether oxygens (including phenoxy) is 2. The number of hydrogen-bond donors (Lipinski definition) is 2. The molecule has 2 aromatic rings. The van der Waals surface area contributed by atoms with E-state index < -0.39 is 0 Å². The Hall–Kier alpha value is -3.08. The molecule has 0 bridgehead atoms. The van der Waals surface area contributed by atoms with Gasteiger partial charge in [0.15, 0.2) is 5.82 Å². The molecule has 0 spiro atoms. The summed E-state index contributed by atoms with van der Waals surface area (Å²) in [5, 5.41) is 6.63. The molecule has 0 radical (unpaired) electrons. The summed E-state index contributed by atoms with van der Waals surface area (Å²) in [4.78, 5) is 27.7. The Bertz CT molecular complexity index is 1040. The topological polar surface area (TPSA) is 95.1 Å². The molecule has 2 aliphatic rings. The van der Waals surface area contributed by atoms with Gasteiger partial charge in [-0.15, -0.1) is 0 Å². The molecule has 2 saturated heterocycles. The van der Waals surface area contributed by atoms with Gasteiger partial charge in [-0.1, -0.05) is 18.2 Å². The Kier molecular flexibility index (Phi) is 7.71. The number of anilines is 5. The number of likely N-dealkylation sites (N-methyl/N-ethyl adjacent to an activating group) is 1. The number of nitrogens with zero attached hydrogens (tertiary/aromatic N) is 5. The SMILES string of the molecule is C=CC(=O)Nc1cc(Nc2ncc(Cl)c(N3CCOCC3)n2)c(OC)cc1N1CCN(C)CC1. The first-order valence-electron chi connectivity index (χ1n) is 11.2. The Labute approximate surface area is 204 Å². The van der Waals surface area contributed by atoms with Gasteiger partial charge >= 0.3 is 0 Å². The number of rotatable bonds is 7. The lowest BCUT2D eigenvalue weighted by atomic mass is 10.1. The molecule has 0 aliphatic carbocycles. The van der Waals surface area contributed by atoms with Crippen molar-refractivity contribution in [2.45, 2.75) is 0 Å². The van der Waals surface area contributed by atoms with Crippen LogP contribution in [0.1, 0.15) is 0 Å². The molecule has 4 rings (SSSR count). The van der Waals surface area contributed by atoms with Crippen LogP contribution in [0.2, 0.25) is 5.02 Å². The maximum absolute atomic E-state index is 12.2. The van der Waals surface area contributed by atoms with Gasteiger partial charge in [0.05, 0.1) is 43.6 Å². The van der Waals surface area contributed by atoms with E-state index in [9.17, 15) is 4.79 Å². The molecule has 34 heavy (non-hydrogen) atoms. The molecule has 182 valence electrons. The van der Waals surface area contributed by atoms with Gasteiger partial charge in [0.2, 0.25) is 11.9 Å². The van der Waals surface area contributed by atoms with Crippen LogP contribution in [0, 0.1) is 0 Å². The number of methoxy groups -OCH3 is 1. The fourth-order valence-corrected chi connectivity index (χ4v) is 4.17. The zero-order valence-electron chi connectivity index (χ0n) is 19.5. The minimum absolute atomic E-state index is 0.288. The number of aromatic nitrogens is 2. The summed E-state index contributed by atoms with van der Waals surface area (Å²) >= 11 is 6.38. The molecule has 2 aliphatic heterocycles. The van der Waals surface area contributed by atoms with Crippen molar-refractivity contribution in [1.82, 2.24) is 14.9 Å². The lowest BCUT2D eigenvalue weighted by Crippen LogP contribution is -2.44. The highest BCUT2D eigenvalue weighted by atomic mass is 35.5. The second-order valence-corrected chi connectivity index (χ2v) is 8.55. The van der Waals surface area contributed by atoms with Crippen LogP contribution in [0.3, 0.4) is 0 Å². The minimum Gasteiger partial charge on any atom is -0.494 e. The summed E-state index contributed by atoms with van der Waals surface area (Å²) in [7, 11) is 3.71. The van der Waals surface area contributed by atoms with Gasteiger partial charge in [-0.2, -0.15) is 4.98 Å². The summed E-state index contributed by atoms with van der Waals surface area (Å²) < 4.78 is 11.1. The molecule has 0 saturated carbocycles. The van der Waals surface area contributed by atoms with E-state index in [4.69, 9.17) is 21.1 Å². The van der Waals surface area contributed by atoms with E-state index in [-0.39, 0.29) is 5.91 Å². The molecule has 10 nitrogen and oxygen atoms in total. The number of benzene rings is 1. The number of piperazine rings is 1. The molecule has 1 amide bonds. The van der Waals surface area contributed by atoms with Crippen LogP contribution < -0.4 is 25.2 Å². The van der Waals surface area contributed by atoms with Crippen LogP contribution in [-0.2, 0) is 9.53 Å². The van der Waals surface area contributed by atoms with Crippen LogP contribution in [0.15, 0.2) is 31.0 Å². The molecular weight excluding hydrogens is 458 g/mol. The van der Waals surface area contributed by atoms with Crippen molar-refractivity contribution >= 4 is 46.3 Å². The van der Waals surface area contributed by atoms with Gasteiger partial charge in [-0.3, -0.25) is 4.79 Å². The quantitative estimate of drug-likeness (QED) is 0.571. The zero-order valence-corrected chi connectivity index (χ0v) is 20.3. The van der Waals surface area contributed by atoms with Gasteiger partial charge < -0.3 is 34.8 Å². The van der Waals surface area contributed by atoms with E-state index in [2.05, 4.69) is 48.9 Å². The molecule has 0 atom stereocenters. The predicted octanol–water partition coefficient (Wildman–Crippen LogP) is 2.60. The number of hydrogen-bond acceptors (Lipinski definition) is 9. The highest BCUT2D eigenvalue weighted by Gasteiger charge is 2.22. The number of nitrogens with one attached hydrogen (secondary N) is 2. The van der Waals surface area contributed by atoms with E-state index in [1.165, 1.54) is 6.08 Å². The molecule has 11 heteroatoms. The summed E-state index contributed by atoms with van der Waals surface area (Å²) in [5.41, 5.74) is 2.16. The number of amides is 1. The molecule has 2 fully saturated rings. The Balaban J connectivity index is 1.66. The number of carbonyl (C=O) groups is 1. The first kappa shape index (κ1) is 24.1. The largest absolute Gasteiger partial charge is 0.494 e. The second-order valence-electron chi connectivity index (χ2n) is 8.14. The van der Waals surface area contributed by atoms with E-state index in [0.717, 1.165) is 31.9 Å². The van der Waals surface area contributed by atoms with Crippen molar-refractivity contribution in [3.8, 4) is 5.75 Å². The summed E-state index contributed by atoms with van der Waals surface area (Å²) in [6, 6.07) is 3.76. The van der Waals surface area contributed by atoms with E-state index in [0.29, 0.717) is 60.2 Å². The molecule has 2 N–H and O–H groups in total. The number of halogens is 1. The van der Waals surface area contributed by atoms with Crippen LogP contribution in [0.4, 0.5) is 28.8 Å². The molecule has 1 aromatic carbocycles. The van der Waals surface area contributed by atoms with Crippen molar-refractivity contribution < 1.29 is 14.3 Å². The highest BCUT2D eigenvalue weighted by molar-refractivity contribution is 6.32. The van der Waals surface area contributed by atoms with Crippen molar-refractivity contribution in [2.24, 2.45) is 0 Å². The third kappa shape index (κ3) is 5.52. The maximum Gasteiger partial charge on any atom is 0.247 e. The fraction of sp³-hybridized carbons (Fsp3) is 0.435. The van der Waals surface area contributed by atoms with Crippen LogP contribution in [0.25, 0.3) is 0 Å². The molecule has 1 aromatic heterocycles. The molecule has 3 heterocycles. The number of morpholine rings is 1. The van der Waals surface area contributed by atoms with Gasteiger partial charge in [-0.25, -0.2) is 4.98 Å². The van der Waals surface area contributed by atoms with Crippen LogP contribution in [-0.4, -0.2) is 87.4 Å². The van der Waals surface area contributed by atoms with Crippen molar-refractivity contribution in [1.29, 1.82) is 0 Å².